The lowest BCUT2D eigenvalue weighted by Crippen LogP contribution is -2.40. The molecule has 2 amide bonds. The average molecular weight is 487 g/mol. The van der Waals surface area contributed by atoms with Crippen LogP contribution in [0.4, 0.5) is 11.4 Å². The Balaban J connectivity index is 1.50. The van der Waals surface area contributed by atoms with E-state index >= 15 is 0 Å². The third-order valence-electron chi connectivity index (χ3n) is 7.27. The largest absolute Gasteiger partial charge is 0.272 e. The molecule has 0 N–H and O–H groups in total. The van der Waals surface area contributed by atoms with Gasteiger partial charge in [0.25, 0.3) is 11.8 Å². The fourth-order valence-corrected chi connectivity index (χ4v) is 5.59. The van der Waals surface area contributed by atoms with Crippen LogP contribution in [0.5, 0.6) is 0 Å². The van der Waals surface area contributed by atoms with Crippen molar-refractivity contribution in [1.82, 2.24) is 0 Å². The molecule has 2 heterocycles. The van der Waals surface area contributed by atoms with E-state index in [1.54, 1.807) is 0 Å². The molecule has 2 atom stereocenters. The molecule has 4 aromatic rings. The van der Waals surface area contributed by atoms with Gasteiger partial charge in [-0.25, -0.2) is 10.0 Å². The van der Waals surface area contributed by atoms with Gasteiger partial charge in [-0.15, -0.1) is 0 Å². The lowest BCUT2D eigenvalue weighted by molar-refractivity contribution is -0.122. The molecule has 0 fully saturated rings. The van der Waals surface area contributed by atoms with Gasteiger partial charge in [-0.3, -0.25) is 9.59 Å². The van der Waals surface area contributed by atoms with Gasteiger partial charge < -0.3 is 0 Å². The van der Waals surface area contributed by atoms with Gasteiger partial charge in [0, 0.05) is 17.3 Å². The zero-order valence-electron chi connectivity index (χ0n) is 20.7. The second-order valence-electron chi connectivity index (χ2n) is 9.50. The molecule has 0 radical (unpaired) electrons. The first-order chi connectivity index (χ1) is 18.0. The standard InChI is InChI=1S/C31H26N4O2/c1-20-27(30(36)34(32-20)23-14-5-3-6-15-23)29(26-19-11-13-22-12-9-10-18-25(22)26)28-21(2)33-35(31(28)37)24-16-7-4-8-17-24/h3-19,27-29H,1-2H3. The lowest BCUT2D eigenvalue weighted by atomic mass is 9.72. The topological polar surface area (TPSA) is 65.3 Å². The molecule has 0 aromatic heterocycles. The quantitative estimate of drug-likeness (QED) is 0.347. The Morgan fingerprint density at radius 1 is 0.595 bits per heavy atom. The molecule has 182 valence electrons. The highest BCUT2D eigenvalue weighted by Crippen LogP contribution is 2.44. The number of anilines is 2. The number of hydrogen-bond donors (Lipinski definition) is 0. The number of carbonyl (C=O) groups is 2. The van der Waals surface area contributed by atoms with Crippen LogP contribution in [-0.2, 0) is 9.59 Å². The van der Waals surface area contributed by atoms with Crippen molar-refractivity contribution in [3.05, 3.63) is 109 Å². The first-order valence-electron chi connectivity index (χ1n) is 12.4. The van der Waals surface area contributed by atoms with Crippen LogP contribution < -0.4 is 10.0 Å². The van der Waals surface area contributed by atoms with Crippen LogP contribution in [0.3, 0.4) is 0 Å². The maximum Gasteiger partial charge on any atom is 0.256 e. The normalized spacial score (nSPS) is 20.4. The van der Waals surface area contributed by atoms with Crippen molar-refractivity contribution >= 4 is 45.4 Å². The van der Waals surface area contributed by atoms with E-state index in [9.17, 15) is 9.59 Å². The van der Waals surface area contributed by atoms with Crippen LogP contribution in [0, 0.1) is 11.8 Å². The zero-order valence-corrected chi connectivity index (χ0v) is 20.7. The molecule has 6 nitrogen and oxygen atoms in total. The van der Waals surface area contributed by atoms with E-state index in [1.807, 2.05) is 98.8 Å². The first-order valence-corrected chi connectivity index (χ1v) is 12.4. The predicted octanol–water partition coefficient (Wildman–Crippen LogP) is 6.00. The summed E-state index contributed by atoms with van der Waals surface area (Å²) in [6.45, 7) is 3.76. The number of rotatable bonds is 5. The van der Waals surface area contributed by atoms with Gasteiger partial charge in [0.1, 0.15) is 0 Å². The lowest BCUT2D eigenvalue weighted by Gasteiger charge is -2.29. The second-order valence-corrected chi connectivity index (χ2v) is 9.50. The molecule has 2 aliphatic rings. The highest BCUT2D eigenvalue weighted by atomic mass is 16.2. The molecule has 6 heteroatoms. The molecule has 0 bridgehead atoms. The van der Waals surface area contributed by atoms with Crippen molar-refractivity contribution in [3.63, 3.8) is 0 Å². The molecule has 2 unspecified atom stereocenters. The molecule has 6 rings (SSSR count). The molecular formula is C31H26N4O2. The Morgan fingerprint density at radius 3 is 1.59 bits per heavy atom. The molecule has 4 aromatic carbocycles. The molecule has 0 saturated heterocycles. The highest BCUT2D eigenvalue weighted by Gasteiger charge is 2.50. The highest BCUT2D eigenvalue weighted by molar-refractivity contribution is 6.20. The molecule has 37 heavy (non-hydrogen) atoms. The maximum atomic E-state index is 14.0. The third-order valence-corrected chi connectivity index (χ3v) is 7.27. The summed E-state index contributed by atoms with van der Waals surface area (Å²) in [5.74, 6) is -1.97. The Hall–Kier alpha value is -4.58. The Kier molecular flexibility index (Phi) is 5.64. The van der Waals surface area contributed by atoms with E-state index in [0.29, 0.717) is 22.8 Å². The van der Waals surface area contributed by atoms with E-state index in [-0.39, 0.29) is 11.8 Å². The summed E-state index contributed by atoms with van der Waals surface area (Å²) in [5, 5.41) is 14.4. The Labute approximate surface area is 215 Å². The van der Waals surface area contributed by atoms with Crippen molar-refractivity contribution in [2.45, 2.75) is 19.8 Å². The summed E-state index contributed by atoms with van der Waals surface area (Å²) in [7, 11) is 0. The molecule has 2 aliphatic heterocycles. The third kappa shape index (κ3) is 3.82. The summed E-state index contributed by atoms with van der Waals surface area (Å²) in [4.78, 5) is 28.1. The summed E-state index contributed by atoms with van der Waals surface area (Å²) in [6.07, 6.45) is 0. The van der Waals surface area contributed by atoms with E-state index in [2.05, 4.69) is 28.4 Å². The van der Waals surface area contributed by atoms with Crippen LogP contribution >= 0.6 is 0 Å². The first kappa shape index (κ1) is 22.9. The van der Waals surface area contributed by atoms with Gasteiger partial charge >= 0.3 is 0 Å². The van der Waals surface area contributed by atoms with Gasteiger partial charge in [0.2, 0.25) is 0 Å². The van der Waals surface area contributed by atoms with Gasteiger partial charge in [0.15, 0.2) is 0 Å². The number of para-hydroxylation sites is 2. The van der Waals surface area contributed by atoms with Gasteiger partial charge in [0.05, 0.1) is 23.2 Å². The molecule has 0 spiro atoms. The molecule has 0 saturated carbocycles. The maximum absolute atomic E-state index is 14.0. The fraction of sp³-hybridized carbons (Fsp3) is 0.161. The van der Waals surface area contributed by atoms with E-state index in [1.165, 1.54) is 10.0 Å². The predicted molar refractivity (Wildman–Crippen MR) is 148 cm³/mol. The number of nitrogens with zero attached hydrogens (tertiary/aromatic N) is 4. The van der Waals surface area contributed by atoms with Crippen molar-refractivity contribution in [1.29, 1.82) is 0 Å². The van der Waals surface area contributed by atoms with Gasteiger partial charge in [-0.05, 0) is 54.4 Å². The number of amides is 2. The number of fused-ring (bicyclic) bond motifs is 1. The van der Waals surface area contributed by atoms with Crippen molar-refractivity contribution in [3.8, 4) is 0 Å². The summed E-state index contributed by atoms with van der Waals surface area (Å²) >= 11 is 0. The van der Waals surface area contributed by atoms with Crippen LogP contribution in [0.2, 0.25) is 0 Å². The Morgan fingerprint density at radius 2 is 1.05 bits per heavy atom. The smallest absolute Gasteiger partial charge is 0.256 e. The summed E-state index contributed by atoms with van der Waals surface area (Å²) in [6, 6.07) is 33.0. The number of hydrazone groups is 2. The van der Waals surface area contributed by atoms with Crippen LogP contribution in [0.1, 0.15) is 25.3 Å². The number of benzene rings is 4. The number of hydrogen-bond acceptors (Lipinski definition) is 4. The van der Waals surface area contributed by atoms with E-state index in [0.717, 1.165) is 16.3 Å². The summed E-state index contributed by atoms with van der Waals surface area (Å²) in [5.41, 5.74) is 3.74. The van der Waals surface area contributed by atoms with E-state index < -0.39 is 17.8 Å². The SMILES string of the molecule is CC1=NN(c2ccccc2)C(=O)C1C(c1cccc2ccccc12)C1C(=O)N(c2ccccc2)N=C1C. The van der Waals surface area contributed by atoms with Crippen molar-refractivity contribution in [2.24, 2.45) is 22.0 Å². The van der Waals surface area contributed by atoms with Crippen molar-refractivity contribution < 1.29 is 9.59 Å². The fourth-order valence-electron chi connectivity index (χ4n) is 5.59. The van der Waals surface area contributed by atoms with Gasteiger partial charge in [-0.2, -0.15) is 10.2 Å². The van der Waals surface area contributed by atoms with E-state index in [4.69, 9.17) is 0 Å². The molecular weight excluding hydrogens is 460 g/mol. The minimum absolute atomic E-state index is 0.139. The van der Waals surface area contributed by atoms with Crippen LogP contribution in [-0.4, -0.2) is 23.2 Å². The monoisotopic (exact) mass is 486 g/mol. The second kappa shape index (κ2) is 9.13. The minimum Gasteiger partial charge on any atom is -0.272 e. The number of carbonyl (C=O) groups excluding carboxylic acids is 2. The van der Waals surface area contributed by atoms with Crippen LogP contribution in [0.25, 0.3) is 10.8 Å². The van der Waals surface area contributed by atoms with Gasteiger partial charge in [-0.1, -0.05) is 78.9 Å². The van der Waals surface area contributed by atoms with Crippen molar-refractivity contribution in [2.75, 3.05) is 10.0 Å². The summed E-state index contributed by atoms with van der Waals surface area (Å²) < 4.78 is 0. The zero-order chi connectivity index (χ0) is 25.5. The molecule has 0 aliphatic carbocycles. The Bertz CT molecular complexity index is 1480. The minimum atomic E-state index is -0.610. The van der Waals surface area contributed by atoms with Crippen LogP contribution in [0.15, 0.2) is 113 Å². The average Bonchev–Trinajstić information content (AvgIpc) is 3.40.